The second-order valence-electron chi connectivity index (χ2n) is 5.23. The number of nitrogens with zero attached hydrogens (tertiary/aromatic N) is 1. The van der Waals surface area contributed by atoms with Gasteiger partial charge in [-0.1, -0.05) is 0 Å². The highest BCUT2D eigenvalue weighted by Gasteiger charge is 2.32. The first-order valence-electron chi connectivity index (χ1n) is 7.15. The third-order valence-electron chi connectivity index (χ3n) is 3.62. The summed E-state index contributed by atoms with van der Waals surface area (Å²) in [6.45, 7) is 6.24. The van der Waals surface area contributed by atoms with Crippen LogP contribution in [0.25, 0.3) is 0 Å². The molecule has 0 aromatic rings. The van der Waals surface area contributed by atoms with Crippen molar-refractivity contribution in [2.45, 2.75) is 45.3 Å². The summed E-state index contributed by atoms with van der Waals surface area (Å²) in [5.41, 5.74) is 0. The van der Waals surface area contributed by atoms with Crippen LogP contribution in [0.3, 0.4) is 0 Å². The zero-order valence-corrected chi connectivity index (χ0v) is 12.3. The number of hydrogen-bond acceptors (Lipinski definition) is 5. The minimum atomic E-state index is -0.669. The van der Waals surface area contributed by atoms with Crippen LogP contribution in [0.1, 0.15) is 33.1 Å². The molecule has 0 aliphatic heterocycles. The van der Waals surface area contributed by atoms with E-state index in [0.29, 0.717) is 25.8 Å². The fourth-order valence-corrected chi connectivity index (χ4v) is 2.29. The van der Waals surface area contributed by atoms with E-state index in [0.717, 1.165) is 12.5 Å². The van der Waals surface area contributed by atoms with Gasteiger partial charge in [-0.05, 0) is 32.6 Å². The molecule has 1 N–H and O–H groups in total. The molecular weight excluding hydrogens is 246 g/mol. The molecule has 2 unspecified atom stereocenters. The fraction of sp³-hybridized carbons (Fsp3) is 0.929. The summed E-state index contributed by atoms with van der Waals surface area (Å²) in [4.78, 5) is 13.6. The molecule has 1 aliphatic rings. The van der Waals surface area contributed by atoms with Gasteiger partial charge in [0.05, 0.1) is 25.7 Å². The summed E-state index contributed by atoms with van der Waals surface area (Å²) in [6.07, 6.45) is 1.92. The minimum Gasteiger partial charge on any atom is -0.466 e. The van der Waals surface area contributed by atoms with E-state index < -0.39 is 6.10 Å². The SMILES string of the molecule is CCOC(=O)CC(O)CN(CCOC)C(C)C1CC1. The second-order valence-corrected chi connectivity index (χ2v) is 5.23. The summed E-state index contributed by atoms with van der Waals surface area (Å²) in [5, 5.41) is 9.98. The van der Waals surface area contributed by atoms with Crippen molar-refractivity contribution in [1.29, 1.82) is 0 Å². The van der Waals surface area contributed by atoms with Crippen LogP contribution in [0.5, 0.6) is 0 Å². The first-order chi connectivity index (χ1) is 9.08. The quantitative estimate of drug-likeness (QED) is 0.603. The van der Waals surface area contributed by atoms with Gasteiger partial charge in [-0.25, -0.2) is 0 Å². The predicted molar refractivity (Wildman–Crippen MR) is 72.9 cm³/mol. The zero-order valence-electron chi connectivity index (χ0n) is 12.3. The Morgan fingerprint density at radius 1 is 1.47 bits per heavy atom. The van der Waals surface area contributed by atoms with Crippen LogP contribution in [0.4, 0.5) is 0 Å². The number of hydrogen-bond donors (Lipinski definition) is 1. The average Bonchev–Trinajstić information content (AvgIpc) is 3.17. The predicted octanol–water partition coefficient (Wildman–Crippen LogP) is 1.05. The van der Waals surface area contributed by atoms with Crippen molar-refractivity contribution in [3.05, 3.63) is 0 Å². The molecule has 0 saturated heterocycles. The van der Waals surface area contributed by atoms with Gasteiger partial charge in [0.15, 0.2) is 0 Å². The monoisotopic (exact) mass is 273 g/mol. The maximum atomic E-state index is 11.3. The van der Waals surface area contributed by atoms with E-state index in [4.69, 9.17) is 9.47 Å². The summed E-state index contributed by atoms with van der Waals surface area (Å²) in [5.74, 6) is 0.396. The van der Waals surface area contributed by atoms with Gasteiger partial charge in [0.1, 0.15) is 0 Å². The molecule has 0 spiro atoms. The van der Waals surface area contributed by atoms with Crippen molar-refractivity contribution < 1.29 is 19.4 Å². The Labute approximate surface area is 115 Å². The lowest BCUT2D eigenvalue weighted by Crippen LogP contribution is -2.42. The summed E-state index contributed by atoms with van der Waals surface area (Å²) in [6, 6.07) is 0.437. The third kappa shape index (κ3) is 6.36. The smallest absolute Gasteiger partial charge is 0.308 e. The molecule has 0 bridgehead atoms. The lowest BCUT2D eigenvalue weighted by molar-refractivity contribution is -0.145. The number of esters is 1. The molecule has 5 heteroatoms. The van der Waals surface area contributed by atoms with E-state index in [1.807, 2.05) is 0 Å². The van der Waals surface area contributed by atoms with Gasteiger partial charge in [-0.15, -0.1) is 0 Å². The molecule has 0 radical (unpaired) electrons. The summed E-state index contributed by atoms with van der Waals surface area (Å²) in [7, 11) is 1.68. The summed E-state index contributed by atoms with van der Waals surface area (Å²) < 4.78 is 9.96. The lowest BCUT2D eigenvalue weighted by atomic mass is 10.1. The molecule has 5 nitrogen and oxygen atoms in total. The van der Waals surface area contributed by atoms with Gasteiger partial charge in [0.2, 0.25) is 0 Å². The van der Waals surface area contributed by atoms with E-state index in [-0.39, 0.29) is 12.4 Å². The number of methoxy groups -OCH3 is 1. The fourth-order valence-electron chi connectivity index (χ4n) is 2.29. The zero-order chi connectivity index (χ0) is 14.3. The van der Waals surface area contributed by atoms with Crippen LogP contribution >= 0.6 is 0 Å². The van der Waals surface area contributed by atoms with Gasteiger partial charge < -0.3 is 14.6 Å². The van der Waals surface area contributed by atoms with Crippen LogP contribution in [0.15, 0.2) is 0 Å². The first kappa shape index (κ1) is 16.4. The van der Waals surface area contributed by atoms with E-state index >= 15 is 0 Å². The Morgan fingerprint density at radius 2 is 2.16 bits per heavy atom. The minimum absolute atomic E-state index is 0.0642. The Hall–Kier alpha value is -0.650. The van der Waals surface area contributed by atoms with E-state index in [2.05, 4.69) is 11.8 Å². The van der Waals surface area contributed by atoms with Crippen LogP contribution in [-0.4, -0.2) is 61.5 Å². The number of ether oxygens (including phenoxy) is 2. The average molecular weight is 273 g/mol. The maximum Gasteiger partial charge on any atom is 0.308 e. The largest absolute Gasteiger partial charge is 0.466 e. The van der Waals surface area contributed by atoms with Crippen LogP contribution in [0.2, 0.25) is 0 Å². The molecule has 1 saturated carbocycles. The number of rotatable bonds is 10. The topological polar surface area (TPSA) is 59.0 Å². The van der Waals surface area contributed by atoms with Crippen LogP contribution < -0.4 is 0 Å². The normalized spacial score (nSPS) is 18.4. The highest BCUT2D eigenvalue weighted by atomic mass is 16.5. The number of aliphatic hydroxyl groups excluding tert-OH is 1. The van der Waals surface area contributed by atoms with Gasteiger partial charge >= 0.3 is 5.97 Å². The van der Waals surface area contributed by atoms with Gasteiger partial charge in [-0.3, -0.25) is 9.69 Å². The van der Waals surface area contributed by atoms with Crippen molar-refractivity contribution >= 4 is 5.97 Å². The molecular formula is C14H27NO4. The van der Waals surface area contributed by atoms with Crippen molar-refractivity contribution in [1.82, 2.24) is 4.90 Å². The molecule has 0 amide bonds. The van der Waals surface area contributed by atoms with Gasteiger partial charge in [0.25, 0.3) is 0 Å². The summed E-state index contributed by atoms with van der Waals surface area (Å²) >= 11 is 0. The van der Waals surface area contributed by atoms with E-state index in [1.54, 1.807) is 14.0 Å². The molecule has 112 valence electrons. The second kappa shape index (κ2) is 8.51. The molecule has 1 fully saturated rings. The number of aliphatic hydroxyl groups is 1. The molecule has 1 rings (SSSR count). The first-order valence-corrected chi connectivity index (χ1v) is 7.15. The Kier molecular flexibility index (Phi) is 7.34. The van der Waals surface area contributed by atoms with Crippen molar-refractivity contribution in [3.63, 3.8) is 0 Å². The molecule has 1 aliphatic carbocycles. The number of carbonyl (C=O) groups is 1. The maximum absolute atomic E-state index is 11.3. The molecule has 0 aromatic carbocycles. The van der Waals surface area contributed by atoms with Crippen molar-refractivity contribution in [2.24, 2.45) is 5.92 Å². The van der Waals surface area contributed by atoms with Gasteiger partial charge in [0, 0.05) is 26.2 Å². The Balaban J connectivity index is 2.38. The highest BCUT2D eigenvalue weighted by molar-refractivity contribution is 5.69. The molecule has 0 aromatic heterocycles. The van der Waals surface area contributed by atoms with E-state index in [1.165, 1.54) is 12.8 Å². The third-order valence-corrected chi connectivity index (χ3v) is 3.62. The van der Waals surface area contributed by atoms with Crippen LogP contribution in [0, 0.1) is 5.92 Å². The Bertz CT molecular complexity index is 268. The molecule has 19 heavy (non-hydrogen) atoms. The standard InChI is InChI=1S/C14H27NO4/c1-4-19-14(17)9-13(16)10-15(7-8-18-3)11(2)12-5-6-12/h11-13,16H,4-10H2,1-3H3. The van der Waals surface area contributed by atoms with Crippen molar-refractivity contribution in [2.75, 3.05) is 33.4 Å². The molecule has 2 atom stereocenters. The number of carbonyl (C=O) groups excluding carboxylic acids is 1. The van der Waals surface area contributed by atoms with Crippen molar-refractivity contribution in [3.8, 4) is 0 Å². The Morgan fingerprint density at radius 3 is 2.68 bits per heavy atom. The van der Waals surface area contributed by atoms with Gasteiger partial charge in [-0.2, -0.15) is 0 Å². The highest BCUT2D eigenvalue weighted by Crippen LogP contribution is 2.35. The lowest BCUT2D eigenvalue weighted by Gasteiger charge is -2.30. The van der Waals surface area contributed by atoms with E-state index in [9.17, 15) is 9.90 Å². The van der Waals surface area contributed by atoms with Crippen LogP contribution in [-0.2, 0) is 14.3 Å². The molecule has 0 heterocycles.